The minimum atomic E-state index is -3.65. The number of carbonyl (C=O) groups excluding carboxylic acids is 1. The molecule has 0 aromatic heterocycles. The molecule has 8 heteroatoms. The standard InChI is InChI=1S/C20H22ClN3O3S/c1-3-13(2)18(20(25)22-12-14-7-6-8-15(21)11-14)23-19-16-9-4-5-10-17(16)28(26,27)24-19/h4-11,13,18H,3,12H2,1-2H3,(H,22,25)(H,23,24)/t13-,18-/m0/s1. The van der Waals surface area contributed by atoms with Crippen molar-refractivity contribution in [1.82, 2.24) is 10.0 Å². The quantitative estimate of drug-likeness (QED) is 0.754. The van der Waals surface area contributed by atoms with Crippen LogP contribution in [0.4, 0.5) is 0 Å². The third-order valence-electron chi connectivity index (χ3n) is 4.74. The van der Waals surface area contributed by atoms with Gasteiger partial charge in [0.25, 0.3) is 10.0 Å². The zero-order valence-corrected chi connectivity index (χ0v) is 17.2. The smallest absolute Gasteiger partial charge is 0.263 e. The van der Waals surface area contributed by atoms with E-state index in [1.165, 1.54) is 6.07 Å². The molecule has 0 bridgehead atoms. The average molecular weight is 420 g/mol. The van der Waals surface area contributed by atoms with Gasteiger partial charge in [0.2, 0.25) is 5.91 Å². The van der Waals surface area contributed by atoms with Crippen LogP contribution in [0, 0.1) is 5.92 Å². The van der Waals surface area contributed by atoms with Crippen molar-refractivity contribution in [3.05, 3.63) is 64.7 Å². The molecule has 2 atom stereocenters. The molecule has 2 N–H and O–H groups in total. The summed E-state index contributed by atoms with van der Waals surface area (Å²) < 4.78 is 27.0. The SMILES string of the molecule is CC[C@H](C)[C@H](N=C1NS(=O)(=O)c2ccccc21)C(=O)NCc1cccc(Cl)c1. The van der Waals surface area contributed by atoms with Gasteiger partial charge in [-0.05, 0) is 35.7 Å². The van der Waals surface area contributed by atoms with Gasteiger partial charge < -0.3 is 5.32 Å². The second-order valence-electron chi connectivity index (χ2n) is 6.76. The van der Waals surface area contributed by atoms with Crippen LogP contribution in [-0.2, 0) is 21.4 Å². The van der Waals surface area contributed by atoms with E-state index in [4.69, 9.17) is 11.6 Å². The molecule has 2 aromatic carbocycles. The maximum atomic E-state index is 12.8. The van der Waals surface area contributed by atoms with E-state index in [2.05, 4.69) is 15.0 Å². The number of sulfonamides is 1. The van der Waals surface area contributed by atoms with Crippen LogP contribution in [0.1, 0.15) is 31.4 Å². The van der Waals surface area contributed by atoms with Gasteiger partial charge in [-0.3, -0.25) is 14.5 Å². The van der Waals surface area contributed by atoms with Crippen LogP contribution in [0.15, 0.2) is 58.4 Å². The molecule has 1 amide bonds. The van der Waals surface area contributed by atoms with Crippen LogP contribution in [0.2, 0.25) is 5.02 Å². The zero-order valence-electron chi connectivity index (χ0n) is 15.6. The number of hydrogen-bond donors (Lipinski definition) is 2. The van der Waals surface area contributed by atoms with Gasteiger partial charge in [-0.1, -0.05) is 56.1 Å². The second kappa shape index (κ2) is 8.32. The monoisotopic (exact) mass is 419 g/mol. The predicted octanol–water partition coefficient (Wildman–Crippen LogP) is 3.11. The fraction of sp³-hybridized carbons (Fsp3) is 0.300. The maximum Gasteiger partial charge on any atom is 0.263 e. The summed E-state index contributed by atoms with van der Waals surface area (Å²) in [4.78, 5) is 17.5. The van der Waals surface area contributed by atoms with Crippen LogP contribution >= 0.6 is 11.6 Å². The van der Waals surface area contributed by atoms with Crippen LogP contribution < -0.4 is 10.0 Å². The molecular weight excluding hydrogens is 398 g/mol. The predicted molar refractivity (Wildman–Crippen MR) is 110 cm³/mol. The molecule has 0 unspecified atom stereocenters. The number of amides is 1. The summed E-state index contributed by atoms with van der Waals surface area (Å²) in [6, 6.07) is 13.1. The summed E-state index contributed by atoms with van der Waals surface area (Å²) in [5, 5.41) is 3.48. The lowest BCUT2D eigenvalue weighted by Crippen LogP contribution is -2.38. The first-order valence-electron chi connectivity index (χ1n) is 9.04. The van der Waals surface area contributed by atoms with E-state index in [0.717, 1.165) is 12.0 Å². The fourth-order valence-corrected chi connectivity index (χ4v) is 4.43. The average Bonchev–Trinajstić information content (AvgIpc) is 2.94. The molecule has 148 valence electrons. The Hall–Kier alpha value is -2.38. The van der Waals surface area contributed by atoms with Gasteiger partial charge in [0.1, 0.15) is 11.9 Å². The van der Waals surface area contributed by atoms with Gasteiger partial charge in [0.15, 0.2) is 0 Å². The van der Waals surface area contributed by atoms with Gasteiger partial charge in [0, 0.05) is 17.1 Å². The summed E-state index contributed by atoms with van der Waals surface area (Å²) in [6.45, 7) is 4.21. The van der Waals surface area contributed by atoms with Crippen LogP contribution in [-0.4, -0.2) is 26.2 Å². The number of halogens is 1. The Kier molecular flexibility index (Phi) is 6.05. The lowest BCUT2D eigenvalue weighted by molar-refractivity contribution is -0.123. The van der Waals surface area contributed by atoms with Crippen molar-refractivity contribution >= 4 is 33.4 Å². The van der Waals surface area contributed by atoms with Crippen molar-refractivity contribution < 1.29 is 13.2 Å². The van der Waals surface area contributed by atoms with E-state index < -0.39 is 16.1 Å². The van der Waals surface area contributed by atoms with Gasteiger partial charge in [-0.15, -0.1) is 0 Å². The first kappa shape index (κ1) is 20.4. The van der Waals surface area contributed by atoms with Gasteiger partial charge in [0.05, 0.1) is 4.90 Å². The number of amidine groups is 1. The molecule has 1 aliphatic rings. The number of carbonyl (C=O) groups is 1. The normalized spacial score (nSPS) is 18.2. The number of nitrogens with zero attached hydrogens (tertiary/aromatic N) is 1. The number of benzene rings is 2. The van der Waals surface area contributed by atoms with E-state index in [0.29, 0.717) is 17.1 Å². The number of aliphatic imine (C=N–C) groups is 1. The number of fused-ring (bicyclic) bond motifs is 1. The Labute approximate surface area is 170 Å². The highest BCUT2D eigenvalue weighted by Crippen LogP contribution is 2.24. The molecule has 0 saturated carbocycles. The maximum absolute atomic E-state index is 12.8. The molecule has 0 spiro atoms. The second-order valence-corrected chi connectivity index (χ2v) is 8.84. The first-order valence-corrected chi connectivity index (χ1v) is 10.9. The van der Waals surface area contributed by atoms with Crippen LogP contribution in [0.5, 0.6) is 0 Å². The lowest BCUT2D eigenvalue weighted by atomic mass is 9.98. The van der Waals surface area contributed by atoms with Crippen LogP contribution in [0.25, 0.3) is 0 Å². The molecule has 0 radical (unpaired) electrons. The van der Waals surface area contributed by atoms with E-state index in [9.17, 15) is 13.2 Å². The molecule has 0 aliphatic carbocycles. The topological polar surface area (TPSA) is 87.6 Å². The molecule has 0 saturated heterocycles. The minimum absolute atomic E-state index is 0.0656. The Morgan fingerprint density at radius 1 is 1.21 bits per heavy atom. The fourth-order valence-electron chi connectivity index (χ4n) is 2.98. The van der Waals surface area contributed by atoms with E-state index in [1.807, 2.05) is 26.0 Å². The largest absolute Gasteiger partial charge is 0.350 e. The molecule has 1 aliphatic heterocycles. The number of nitrogens with one attached hydrogen (secondary N) is 2. The van der Waals surface area contributed by atoms with Crippen molar-refractivity contribution in [1.29, 1.82) is 0 Å². The van der Waals surface area contributed by atoms with Crippen molar-refractivity contribution in [3.63, 3.8) is 0 Å². The highest BCUT2D eigenvalue weighted by molar-refractivity contribution is 7.90. The van der Waals surface area contributed by atoms with E-state index >= 15 is 0 Å². The van der Waals surface area contributed by atoms with E-state index in [-0.39, 0.29) is 22.6 Å². The summed E-state index contributed by atoms with van der Waals surface area (Å²) in [5.74, 6) is -0.117. The van der Waals surface area contributed by atoms with Gasteiger partial charge in [-0.25, -0.2) is 8.42 Å². The third-order valence-corrected chi connectivity index (χ3v) is 6.37. The molecule has 1 heterocycles. The molecule has 3 rings (SSSR count). The molecule has 28 heavy (non-hydrogen) atoms. The number of rotatable bonds is 6. The highest BCUT2D eigenvalue weighted by atomic mass is 35.5. The molecule has 0 fully saturated rings. The van der Waals surface area contributed by atoms with E-state index in [1.54, 1.807) is 30.3 Å². The highest BCUT2D eigenvalue weighted by Gasteiger charge is 2.33. The van der Waals surface area contributed by atoms with Crippen molar-refractivity contribution in [2.45, 2.75) is 37.8 Å². The van der Waals surface area contributed by atoms with Gasteiger partial charge in [-0.2, -0.15) is 0 Å². The molecular formula is C20H22ClN3O3S. The van der Waals surface area contributed by atoms with Crippen molar-refractivity contribution in [3.8, 4) is 0 Å². The summed E-state index contributed by atoms with van der Waals surface area (Å²) >= 11 is 5.98. The lowest BCUT2D eigenvalue weighted by Gasteiger charge is -2.19. The van der Waals surface area contributed by atoms with Crippen molar-refractivity contribution in [2.75, 3.05) is 0 Å². The minimum Gasteiger partial charge on any atom is -0.350 e. The zero-order chi connectivity index (χ0) is 20.3. The Morgan fingerprint density at radius 2 is 1.96 bits per heavy atom. The number of hydrogen-bond acceptors (Lipinski definition) is 4. The van der Waals surface area contributed by atoms with Crippen LogP contribution in [0.3, 0.4) is 0 Å². The molecule has 6 nitrogen and oxygen atoms in total. The summed E-state index contributed by atoms with van der Waals surface area (Å²) in [5.41, 5.74) is 1.36. The Bertz CT molecular complexity index is 1020. The van der Waals surface area contributed by atoms with Gasteiger partial charge >= 0.3 is 0 Å². The third kappa shape index (κ3) is 4.36. The summed E-state index contributed by atoms with van der Waals surface area (Å²) in [7, 11) is -3.65. The Morgan fingerprint density at radius 3 is 2.68 bits per heavy atom. The Balaban J connectivity index is 1.85. The summed E-state index contributed by atoms with van der Waals surface area (Å²) in [6.07, 6.45) is 0.723. The first-order chi connectivity index (χ1) is 13.3. The van der Waals surface area contributed by atoms with Crippen molar-refractivity contribution in [2.24, 2.45) is 10.9 Å². The molecule has 2 aromatic rings.